The predicted molar refractivity (Wildman–Crippen MR) is 65.9 cm³/mol. The summed E-state index contributed by atoms with van der Waals surface area (Å²) in [4.78, 5) is 1.04. The molecule has 92 valence electrons. The zero-order valence-electron chi connectivity index (χ0n) is 9.41. The smallest absolute Gasteiger partial charge is 0.159 e. The van der Waals surface area contributed by atoms with Crippen LogP contribution in [0.1, 0.15) is 16.0 Å². The monoisotopic (exact) mass is 264 g/mol. The van der Waals surface area contributed by atoms with Crippen molar-refractivity contribution in [3.8, 4) is 6.07 Å². The number of thiophene rings is 1. The molecule has 0 radical (unpaired) electrons. The third kappa shape index (κ3) is 3.13. The van der Waals surface area contributed by atoms with Crippen LogP contribution < -0.4 is 5.32 Å². The molecular formula is C13H10F2N2S. The van der Waals surface area contributed by atoms with Crippen LogP contribution in [0.25, 0.3) is 0 Å². The number of nitriles is 1. The van der Waals surface area contributed by atoms with Crippen molar-refractivity contribution in [3.05, 3.63) is 57.3 Å². The highest BCUT2D eigenvalue weighted by Crippen LogP contribution is 2.14. The minimum Gasteiger partial charge on any atom is -0.308 e. The van der Waals surface area contributed by atoms with Crippen LogP contribution in [0.3, 0.4) is 0 Å². The molecule has 0 aliphatic carbocycles. The maximum atomic E-state index is 12.9. The van der Waals surface area contributed by atoms with E-state index in [2.05, 4.69) is 11.4 Å². The summed E-state index contributed by atoms with van der Waals surface area (Å²) in [5.41, 5.74) is 1.33. The number of hydrogen-bond donors (Lipinski definition) is 1. The van der Waals surface area contributed by atoms with Crippen molar-refractivity contribution >= 4 is 11.3 Å². The summed E-state index contributed by atoms with van der Waals surface area (Å²) in [5.74, 6) is -1.67. The van der Waals surface area contributed by atoms with Crippen LogP contribution in [0.4, 0.5) is 8.78 Å². The maximum absolute atomic E-state index is 12.9. The third-order valence-corrected chi connectivity index (χ3v) is 3.33. The number of hydrogen-bond acceptors (Lipinski definition) is 3. The second-order valence-corrected chi connectivity index (χ2v) is 4.76. The van der Waals surface area contributed by atoms with Gasteiger partial charge in [0, 0.05) is 23.3 Å². The molecular weight excluding hydrogens is 254 g/mol. The molecule has 0 amide bonds. The Morgan fingerprint density at radius 1 is 1.17 bits per heavy atom. The van der Waals surface area contributed by atoms with E-state index in [0.717, 1.165) is 10.9 Å². The van der Waals surface area contributed by atoms with E-state index in [1.807, 2.05) is 6.07 Å². The van der Waals surface area contributed by atoms with Gasteiger partial charge in [-0.3, -0.25) is 0 Å². The van der Waals surface area contributed by atoms with Gasteiger partial charge in [-0.2, -0.15) is 5.26 Å². The summed E-state index contributed by atoms with van der Waals surface area (Å²) in [6.07, 6.45) is 0. The Labute approximate surface area is 107 Å². The molecule has 1 aromatic carbocycles. The minimum absolute atomic E-state index is 0.455. The summed E-state index contributed by atoms with van der Waals surface area (Å²) in [6.45, 7) is 1.06. The lowest BCUT2D eigenvalue weighted by atomic mass is 10.2. The molecule has 0 saturated heterocycles. The molecule has 1 aromatic heterocycles. The molecule has 1 N–H and O–H groups in total. The fourth-order valence-corrected chi connectivity index (χ4v) is 2.29. The third-order valence-electron chi connectivity index (χ3n) is 2.40. The Morgan fingerprint density at radius 3 is 2.67 bits per heavy atom. The molecule has 0 bridgehead atoms. The van der Waals surface area contributed by atoms with Gasteiger partial charge < -0.3 is 5.32 Å². The van der Waals surface area contributed by atoms with Crippen LogP contribution in [0.15, 0.2) is 29.6 Å². The van der Waals surface area contributed by atoms with E-state index < -0.39 is 11.6 Å². The Hall–Kier alpha value is -1.77. The highest BCUT2D eigenvalue weighted by molar-refractivity contribution is 7.10. The average Bonchev–Trinajstić information content (AvgIpc) is 2.82. The molecule has 18 heavy (non-hydrogen) atoms. The molecule has 0 fully saturated rings. The van der Waals surface area contributed by atoms with E-state index in [9.17, 15) is 8.78 Å². The molecule has 2 nitrogen and oxygen atoms in total. The lowest BCUT2D eigenvalue weighted by molar-refractivity contribution is 0.506. The maximum Gasteiger partial charge on any atom is 0.159 e. The van der Waals surface area contributed by atoms with Crippen molar-refractivity contribution in [2.24, 2.45) is 0 Å². The SMILES string of the molecule is N#Cc1csc(CNCc2ccc(F)c(F)c2)c1. The van der Waals surface area contributed by atoms with Crippen molar-refractivity contribution in [3.63, 3.8) is 0 Å². The first-order valence-electron chi connectivity index (χ1n) is 5.31. The van der Waals surface area contributed by atoms with Gasteiger partial charge in [0.2, 0.25) is 0 Å². The van der Waals surface area contributed by atoms with Crippen LogP contribution in [0.5, 0.6) is 0 Å². The Kier molecular flexibility index (Phi) is 4.03. The quantitative estimate of drug-likeness (QED) is 0.920. The van der Waals surface area contributed by atoms with E-state index in [4.69, 9.17) is 5.26 Å². The number of nitrogens with zero attached hydrogens (tertiary/aromatic N) is 1. The topological polar surface area (TPSA) is 35.8 Å². The Bertz CT molecular complexity index is 587. The zero-order valence-corrected chi connectivity index (χ0v) is 10.2. The van der Waals surface area contributed by atoms with Crippen LogP contribution in [0.2, 0.25) is 0 Å². The van der Waals surface area contributed by atoms with Gasteiger partial charge in [0.1, 0.15) is 6.07 Å². The molecule has 0 atom stereocenters. The van der Waals surface area contributed by atoms with Gasteiger partial charge in [-0.25, -0.2) is 8.78 Å². The second kappa shape index (κ2) is 5.71. The first-order chi connectivity index (χ1) is 8.69. The Balaban J connectivity index is 1.88. The second-order valence-electron chi connectivity index (χ2n) is 3.77. The molecule has 0 saturated carbocycles. The molecule has 2 rings (SSSR count). The number of benzene rings is 1. The van der Waals surface area contributed by atoms with Crippen molar-refractivity contribution in [1.29, 1.82) is 5.26 Å². The number of nitrogens with one attached hydrogen (secondary N) is 1. The van der Waals surface area contributed by atoms with Crippen LogP contribution in [-0.2, 0) is 13.1 Å². The van der Waals surface area contributed by atoms with Crippen molar-refractivity contribution < 1.29 is 8.78 Å². The van der Waals surface area contributed by atoms with E-state index in [1.165, 1.54) is 17.4 Å². The van der Waals surface area contributed by atoms with Crippen molar-refractivity contribution in [2.45, 2.75) is 13.1 Å². The van der Waals surface area contributed by atoms with Gasteiger partial charge in [0.15, 0.2) is 11.6 Å². The molecule has 0 unspecified atom stereocenters. The summed E-state index contributed by atoms with van der Waals surface area (Å²) in [7, 11) is 0. The van der Waals surface area contributed by atoms with Gasteiger partial charge in [0.05, 0.1) is 5.56 Å². The number of halogens is 2. The molecule has 2 aromatic rings. The first-order valence-corrected chi connectivity index (χ1v) is 6.19. The molecule has 1 heterocycles. The van der Waals surface area contributed by atoms with Crippen LogP contribution >= 0.6 is 11.3 Å². The summed E-state index contributed by atoms with van der Waals surface area (Å²) in [6, 6.07) is 7.71. The predicted octanol–water partition coefficient (Wildman–Crippen LogP) is 3.19. The van der Waals surface area contributed by atoms with E-state index in [-0.39, 0.29) is 0 Å². The van der Waals surface area contributed by atoms with Gasteiger partial charge in [-0.15, -0.1) is 11.3 Å². The standard InChI is InChI=1S/C13H10F2N2S/c14-12-2-1-9(4-13(12)15)6-17-7-11-3-10(5-16)8-18-11/h1-4,8,17H,6-7H2. The first kappa shape index (κ1) is 12.7. The normalized spacial score (nSPS) is 10.3. The lowest BCUT2D eigenvalue weighted by Crippen LogP contribution is -2.12. The lowest BCUT2D eigenvalue weighted by Gasteiger charge is -2.03. The summed E-state index contributed by atoms with van der Waals surface area (Å²) >= 11 is 1.50. The molecule has 0 aliphatic rings. The van der Waals surface area contributed by atoms with E-state index in [1.54, 1.807) is 11.4 Å². The van der Waals surface area contributed by atoms with Crippen LogP contribution in [0, 0.1) is 23.0 Å². The van der Waals surface area contributed by atoms with E-state index >= 15 is 0 Å². The van der Waals surface area contributed by atoms with Crippen LogP contribution in [-0.4, -0.2) is 0 Å². The molecule has 5 heteroatoms. The Morgan fingerprint density at radius 2 is 2.00 bits per heavy atom. The fraction of sp³-hybridized carbons (Fsp3) is 0.154. The van der Waals surface area contributed by atoms with E-state index in [0.29, 0.717) is 24.2 Å². The summed E-state index contributed by atoms with van der Waals surface area (Å²) in [5, 5.41) is 13.6. The molecule has 0 spiro atoms. The van der Waals surface area contributed by atoms with Gasteiger partial charge in [-0.1, -0.05) is 6.07 Å². The largest absolute Gasteiger partial charge is 0.308 e. The summed E-state index contributed by atoms with van der Waals surface area (Å²) < 4.78 is 25.6. The highest BCUT2D eigenvalue weighted by Gasteiger charge is 2.03. The molecule has 0 aliphatic heterocycles. The van der Waals surface area contributed by atoms with Gasteiger partial charge in [0.25, 0.3) is 0 Å². The fourth-order valence-electron chi connectivity index (χ4n) is 1.51. The van der Waals surface area contributed by atoms with Gasteiger partial charge >= 0.3 is 0 Å². The van der Waals surface area contributed by atoms with Crippen molar-refractivity contribution in [1.82, 2.24) is 5.32 Å². The average molecular weight is 264 g/mol. The van der Waals surface area contributed by atoms with Gasteiger partial charge in [-0.05, 0) is 23.8 Å². The number of rotatable bonds is 4. The minimum atomic E-state index is -0.837. The van der Waals surface area contributed by atoms with Crippen molar-refractivity contribution in [2.75, 3.05) is 0 Å². The highest BCUT2D eigenvalue weighted by atomic mass is 32.1. The zero-order chi connectivity index (χ0) is 13.0.